The van der Waals surface area contributed by atoms with Crippen molar-refractivity contribution in [2.75, 3.05) is 5.32 Å². The van der Waals surface area contributed by atoms with Gasteiger partial charge in [-0.05, 0) is 30.3 Å². The minimum Gasteiger partial charge on any atom is -0.508 e. The molecule has 0 aliphatic rings. The highest BCUT2D eigenvalue weighted by atomic mass is 19.2. The summed E-state index contributed by atoms with van der Waals surface area (Å²) in [5.41, 5.74) is -0.811. The Morgan fingerprint density at radius 1 is 1.00 bits per heavy atom. The van der Waals surface area contributed by atoms with Crippen LogP contribution in [0.4, 0.5) is 14.5 Å². The average Bonchev–Trinajstić information content (AvgIpc) is 2.43. The SMILES string of the molecule is O=C(Nc1cc(F)c(F)cc1C(=O)O)c1ccc(O)cc1. The number of benzene rings is 2. The van der Waals surface area contributed by atoms with Crippen LogP contribution in [0.5, 0.6) is 5.75 Å². The molecule has 2 rings (SSSR count). The van der Waals surface area contributed by atoms with Crippen LogP contribution in [0.1, 0.15) is 20.7 Å². The number of hydrogen-bond acceptors (Lipinski definition) is 3. The molecule has 2 aromatic carbocycles. The Morgan fingerprint density at radius 3 is 2.14 bits per heavy atom. The molecule has 3 N–H and O–H groups in total. The van der Waals surface area contributed by atoms with E-state index in [1.54, 1.807) is 0 Å². The Bertz CT molecular complexity index is 714. The summed E-state index contributed by atoms with van der Waals surface area (Å²) < 4.78 is 26.2. The van der Waals surface area contributed by atoms with Gasteiger partial charge in [-0.2, -0.15) is 0 Å². The molecule has 0 atom stereocenters. The van der Waals surface area contributed by atoms with Crippen LogP contribution in [-0.2, 0) is 0 Å². The van der Waals surface area contributed by atoms with Gasteiger partial charge in [-0.15, -0.1) is 0 Å². The molecule has 108 valence electrons. The summed E-state index contributed by atoms with van der Waals surface area (Å²) in [5, 5.41) is 20.2. The Kier molecular flexibility index (Phi) is 3.84. The smallest absolute Gasteiger partial charge is 0.337 e. The third-order valence-electron chi connectivity index (χ3n) is 2.67. The van der Waals surface area contributed by atoms with Gasteiger partial charge in [0.05, 0.1) is 11.3 Å². The van der Waals surface area contributed by atoms with Crippen LogP contribution in [0.15, 0.2) is 36.4 Å². The fourth-order valence-electron chi connectivity index (χ4n) is 1.63. The van der Waals surface area contributed by atoms with Crippen molar-refractivity contribution in [3.05, 3.63) is 59.2 Å². The van der Waals surface area contributed by atoms with Crippen LogP contribution >= 0.6 is 0 Å². The molecule has 0 heterocycles. The zero-order valence-corrected chi connectivity index (χ0v) is 10.4. The van der Waals surface area contributed by atoms with E-state index < -0.39 is 29.1 Å². The van der Waals surface area contributed by atoms with E-state index in [1.807, 2.05) is 0 Å². The number of anilines is 1. The van der Waals surface area contributed by atoms with Crippen LogP contribution in [0.3, 0.4) is 0 Å². The van der Waals surface area contributed by atoms with E-state index in [2.05, 4.69) is 5.32 Å². The molecular weight excluding hydrogens is 284 g/mol. The van der Waals surface area contributed by atoms with E-state index in [0.717, 1.165) is 0 Å². The van der Waals surface area contributed by atoms with Gasteiger partial charge >= 0.3 is 5.97 Å². The Hall–Kier alpha value is -2.96. The quantitative estimate of drug-likeness (QED) is 0.812. The average molecular weight is 293 g/mol. The number of carbonyl (C=O) groups excluding carboxylic acids is 1. The van der Waals surface area contributed by atoms with E-state index in [1.165, 1.54) is 24.3 Å². The van der Waals surface area contributed by atoms with Gasteiger partial charge in [-0.3, -0.25) is 4.79 Å². The number of hydrogen-bond donors (Lipinski definition) is 3. The number of amides is 1. The maximum absolute atomic E-state index is 13.2. The summed E-state index contributed by atoms with van der Waals surface area (Å²) in [6.07, 6.45) is 0. The highest BCUT2D eigenvalue weighted by Gasteiger charge is 2.17. The molecule has 21 heavy (non-hydrogen) atoms. The summed E-state index contributed by atoms with van der Waals surface area (Å²) in [5.74, 6) is -4.87. The lowest BCUT2D eigenvalue weighted by molar-refractivity contribution is 0.0697. The highest BCUT2D eigenvalue weighted by molar-refractivity contribution is 6.07. The molecule has 7 heteroatoms. The van der Waals surface area contributed by atoms with Crippen LogP contribution in [0.2, 0.25) is 0 Å². The van der Waals surface area contributed by atoms with Gasteiger partial charge in [0.2, 0.25) is 0 Å². The molecule has 0 aliphatic carbocycles. The lowest BCUT2D eigenvalue weighted by Crippen LogP contribution is -2.15. The number of halogens is 2. The number of carboxylic acid groups (broad SMARTS) is 1. The molecule has 5 nitrogen and oxygen atoms in total. The zero-order chi connectivity index (χ0) is 15.6. The van der Waals surface area contributed by atoms with E-state index in [4.69, 9.17) is 10.2 Å². The Morgan fingerprint density at radius 2 is 1.57 bits per heavy atom. The number of rotatable bonds is 3. The van der Waals surface area contributed by atoms with E-state index >= 15 is 0 Å². The minimum atomic E-state index is -1.50. The lowest BCUT2D eigenvalue weighted by atomic mass is 10.1. The van der Waals surface area contributed by atoms with Crippen molar-refractivity contribution < 1.29 is 28.6 Å². The van der Waals surface area contributed by atoms with Gasteiger partial charge in [0.1, 0.15) is 5.75 Å². The summed E-state index contributed by atoms with van der Waals surface area (Å²) in [6, 6.07) is 6.20. The molecule has 0 saturated carbocycles. The van der Waals surface area contributed by atoms with Gasteiger partial charge in [-0.1, -0.05) is 0 Å². The number of aromatic hydroxyl groups is 1. The number of phenolic OH excluding ortho intramolecular Hbond substituents is 1. The van der Waals surface area contributed by atoms with E-state index in [0.29, 0.717) is 12.1 Å². The van der Waals surface area contributed by atoms with Crippen LogP contribution in [-0.4, -0.2) is 22.1 Å². The van der Waals surface area contributed by atoms with Crippen molar-refractivity contribution in [2.45, 2.75) is 0 Å². The topological polar surface area (TPSA) is 86.6 Å². The number of aromatic carboxylic acids is 1. The number of phenols is 1. The molecule has 1 amide bonds. The van der Waals surface area contributed by atoms with E-state index in [-0.39, 0.29) is 17.0 Å². The zero-order valence-electron chi connectivity index (χ0n) is 10.4. The fourth-order valence-corrected chi connectivity index (χ4v) is 1.63. The summed E-state index contributed by atoms with van der Waals surface area (Å²) in [7, 11) is 0. The van der Waals surface area contributed by atoms with Crippen molar-refractivity contribution in [1.29, 1.82) is 0 Å². The predicted molar refractivity (Wildman–Crippen MR) is 69.4 cm³/mol. The molecule has 0 bridgehead atoms. The van der Waals surface area contributed by atoms with Gasteiger partial charge in [0.15, 0.2) is 11.6 Å². The lowest BCUT2D eigenvalue weighted by Gasteiger charge is -2.09. The maximum Gasteiger partial charge on any atom is 0.337 e. The largest absolute Gasteiger partial charge is 0.508 e. The normalized spacial score (nSPS) is 10.2. The molecule has 0 saturated heterocycles. The van der Waals surface area contributed by atoms with Gasteiger partial charge < -0.3 is 15.5 Å². The Balaban J connectivity index is 2.34. The third kappa shape index (κ3) is 3.14. The van der Waals surface area contributed by atoms with Crippen molar-refractivity contribution in [1.82, 2.24) is 0 Å². The second-order valence-corrected chi connectivity index (χ2v) is 4.12. The highest BCUT2D eigenvalue weighted by Crippen LogP contribution is 2.21. The van der Waals surface area contributed by atoms with Crippen LogP contribution in [0.25, 0.3) is 0 Å². The van der Waals surface area contributed by atoms with Crippen molar-refractivity contribution in [2.24, 2.45) is 0 Å². The standard InChI is InChI=1S/C14H9F2NO4/c15-10-5-9(14(20)21)12(6-11(10)16)17-13(19)7-1-3-8(18)4-2-7/h1-6,18H,(H,17,19)(H,20,21). The number of nitrogens with one attached hydrogen (secondary N) is 1. The maximum atomic E-state index is 13.2. The summed E-state index contributed by atoms with van der Waals surface area (Å²) in [4.78, 5) is 22.9. The first-order chi connectivity index (χ1) is 9.88. The molecule has 2 aromatic rings. The second-order valence-electron chi connectivity index (χ2n) is 4.12. The van der Waals surface area contributed by atoms with Crippen molar-refractivity contribution in [3.8, 4) is 5.75 Å². The Labute approximate surface area is 117 Å². The van der Waals surface area contributed by atoms with Gasteiger partial charge in [-0.25, -0.2) is 13.6 Å². The molecule has 0 aliphatic heterocycles. The number of carbonyl (C=O) groups is 2. The van der Waals surface area contributed by atoms with Crippen LogP contribution in [0, 0.1) is 11.6 Å². The molecule has 0 fully saturated rings. The minimum absolute atomic E-state index is 0.0504. The summed E-state index contributed by atoms with van der Waals surface area (Å²) >= 11 is 0. The molecular formula is C14H9F2NO4. The molecule has 0 unspecified atom stereocenters. The first-order valence-corrected chi connectivity index (χ1v) is 5.71. The molecule has 0 aromatic heterocycles. The van der Waals surface area contributed by atoms with Crippen molar-refractivity contribution in [3.63, 3.8) is 0 Å². The molecule has 0 radical (unpaired) electrons. The van der Waals surface area contributed by atoms with Gasteiger partial charge in [0, 0.05) is 11.6 Å². The van der Waals surface area contributed by atoms with Gasteiger partial charge in [0.25, 0.3) is 5.91 Å². The van der Waals surface area contributed by atoms with Crippen LogP contribution < -0.4 is 5.32 Å². The second kappa shape index (κ2) is 5.58. The third-order valence-corrected chi connectivity index (χ3v) is 2.67. The van der Waals surface area contributed by atoms with Crippen molar-refractivity contribution >= 4 is 17.6 Å². The summed E-state index contributed by atoms with van der Waals surface area (Å²) in [6.45, 7) is 0. The van der Waals surface area contributed by atoms with E-state index in [9.17, 15) is 18.4 Å². The first kappa shape index (κ1) is 14.4. The first-order valence-electron chi connectivity index (χ1n) is 5.71. The number of carboxylic acids is 1. The predicted octanol–water partition coefficient (Wildman–Crippen LogP) is 2.62. The monoisotopic (exact) mass is 293 g/mol. The fraction of sp³-hybridized carbons (Fsp3) is 0. The molecule has 0 spiro atoms.